The number of carbonyl (C=O) groups excluding carboxylic acids is 1. The number of halogens is 3. The van der Waals surface area contributed by atoms with Crippen molar-refractivity contribution in [1.29, 1.82) is 0 Å². The molecule has 6 nitrogen and oxygen atoms in total. The summed E-state index contributed by atoms with van der Waals surface area (Å²) in [5.41, 5.74) is 0.405. The third-order valence-corrected chi connectivity index (χ3v) is 5.31. The predicted octanol–water partition coefficient (Wildman–Crippen LogP) is 1.44. The van der Waals surface area contributed by atoms with Gasteiger partial charge in [-0.2, -0.15) is 13.2 Å². The first kappa shape index (κ1) is 21.4. The summed E-state index contributed by atoms with van der Waals surface area (Å²) >= 11 is 0. The molecular formula is C15H22F3N3O3S. The first-order valence-corrected chi connectivity index (χ1v) is 8.90. The van der Waals surface area contributed by atoms with E-state index >= 15 is 0 Å². The third-order valence-electron chi connectivity index (χ3n) is 3.40. The SMILES string of the molecule is CN(CCC(F)(F)F)CC(=O)NCc1ccccc1S(=O)(=O)N(C)C. The number of likely N-dealkylation sites (N-methyl/N-ethyl adjacent to an activating group) is 1. The average molecular weight is 381 g/mol. The summed E-state index contributed by atoms with van der Waals surface area (Å²) < 4.78 is 62.0. The Labute approximate surface area is 145 Å². The van der Waals surface area contributed by atoms with Crippen LogP contribution in [0.15, 0.2) is 29.2 Å². The number of rotatable bonds is 8. The van der Waals surface area contributed by atoms with E-state index in [1.807, 2.05) is 0 Å². The van der Waals surface area contributed by atoms with Crippen molar-refractivity contribution in [2.24, 2.45) is 0 Å². The lowest BCUT2D eigenvalue weighted by Crippen LogP contribution is -2.36. The van der Waals surface area contributed by atoms with Crippen LogP contribution in [0.1, 0.15) is 12.0 Å². The van der Waals surface area contributed by atoms with Gasteiger partial charge in [-0.3, -0.25) is 9.69 Å². The van der Waals surface area contributed by atoms with Crippen LogP contribution >= 0.6 is 0 Å². The molecule has 0 radical (unpaired) electrons. The van der Waals surface area contributed by atoms with Crippen molar-refractivity contribution in [3.05, 3.63) is 29.8 Å². The number of hydrogen-bond acceptors (Lipinski definition) is 4. The van der Waals surface area contributed by atoms with Crippen molar-refractivity contribution < 1.29 is 26.4 Å². The fraction of sp³-hybridized carbons (Fsp3) is 0.533. The van der Waals surface area contributed by atoms with Gasteiger partial charge in [0.05, 0.1) is 17.9 Å². The number of alkyl halides is 3. The van der Waals surface area contributed by atoms with Gasteiger partial charge in [0.15, 0.2) is 0 Å². The molecule has 1 aromatic carbocycles. The standard InChI is InChI=1S/C15H22F3N3O3S/c1-20(2)25(23,24)13-7-5-4-6-12(13)10-19-14(22)11-21(3)9-8-15(16,17)18/h4-7H,8-11H2,1-3H3,(H,19,22). The molecule has 0 heterocycles. The molecule has 0 atom stereocenters. The first-order valence-electron chi connectivity index (χ1n) is 7.46. The first-order chi connectivity index (χ1) is 11.4. The maximum Gasteiger partial charge on any atom is 0.390 e. The number of hydrogen-bond donors (Lipinski definition) is 1. The lowest BCUT2D eigenvalue weighted by Gasteiger charge is -2.18. The van der Waals surface area contributed by atoms with Gasteiger partial charge in [0, 0.05) is 27.2 Å². The molecule has 1 rings (SSSR count). The van der Waals surface area contributed by atoms with Crippen LogP contribution in [0, 0.1) is 0 Å². The van der Waals surface area contributed by atoms with E-state index in [0.29, 0.717) is 5.56 Å². The second-order valence-electron chi connectivity index (χ2n) is 5.77. The Morgan fingerprint density at radius 3 is 2.32 bits per heavy atom. The Kier molecular flexibility index (Phi) is 7.39. The number of amides is 1. The molecule has 0 fully saturated rings. The van der Waals surface area contributed by atoms with Gasteiger partial charge in [0.2, 0.25) is 15.9 Å². The van der Waals surface area contributed by atoms with Crippen LogP contribution in [0.3, 0.4) is 0 Å². The Bertz CT molecular complexity index is 691. The van der Waals surface area contributed by atoms with Crippen LogP contribution in [0.25, 0.3) is 0 Å². The van der Waals surface area contributed by atoms with Gasteiger partial charge >= 0.3 is 6.18 Å². The fourth-order valence-corrected chi connectivity index (χ4v) is 3.11. The minimum Gasteiger partial charge on any atom is -0.351 e. The van der Waals surface area contributed by atoms with Gasteiger partial charge in [0.25, 0.3) is 0 Å². The smallest absolute Gasteiger partial charge is 0.351 e. The average Bonchev–Trinajstić information content (AvgIpc) is 2.50. The van der Waals surface area contributed by atoms with Crippen LogP contribution in [0.5, 0.6) is 0 Å². The monoisotopic (exact) mass is 381 g/mol. The predicted molar refractivity (Wildman–Crippen MR) is 87.3 cm³/mol. The lowest BCUT2D eigenvalue weighted by molar-refractivity contribution is -0.139. The highest BCUT2D eigenvalue weighted by atomic mass is 32.2. The zero-order valence-corrected chi connectivity index (χ0v) is 15.1. The minimum atomic E-state index is -4.27. The summed E-state index contributed by atoms with van der Waals surface area (Å²) in [4.78, 5) is 13.2. The van der Waals surface area contributed by atoms with E-state index in [0.717, 1.165) is 4.31 Å². The summed E-state index contributed by atoms with van der Waals surface area (Å²) in [7, 11) is 0.562. The molecule has 0 aliphatic heterocycles. The van der Waals surface area contributed by atoms with Crippen molar-refractivity contribution in [3.63, 3.8) is 0 Å². The molecule has 0 saturated carbocycles. The van der Waals surface area contributed by atoms with Crippen molar-refractivity contribution in [2.45, 2.75) is 24.0 Å². The maximum atomic E-state index is 12.3. The van der Waals surface area contributed by atoms with Crippen LogP contribution in [-0.2, 0) is 21.4 Å². The molecule has 1 amide bonds. The van der Waals surface area contributed by atoms with Gasteiger partial charge in [-0.25, -0.2) is 12.7 Å². The Morgan fingerprint density at radius 1 is 1.16 bits per heavy atom. The van der Waals surface area contributed by atoms with E-state index < -0.39 is 28.5 Å². The van der Waals surface area contributed by atoms with E-state index in [4.69, 9.17) is 0 Å². The van der Waals surface area contributed by atoms with Crippen molar-refractivity contribution in [1.82, 2.24) is 14.5 Å². The zero-order chi connectivity index (χ0) is 19.3. The molecule has 1 N–H and O–H groups in total. The Balaban J connectivity index is 2.66. The van der Waals surface area contributed by atoms with Gasteiger partial charge in [0.1, 0.15) is 0 Å². The topological polar surface area (TPSA) is 69.7 Å². The quantitative estimate of drug-likeness (QED) is 0.740. The summed E-state index contributed by atoms with van der Waals surface area (Å²) in [6, 6.07) is 6.23. The second kappa shape index (κ2) is 8.63. The number of nitrogens with zero attached hydrogens (tertiary/aromatic N) is 2. The molecule has 0 spiro atoms. The van der Waals surface area contributed by atoms with Crippen LogP contribution in [0.4, 0.5) is 13.2 Å². The summed E-state index contributed by atoms with van der Waals surface area (Å²) in [6.07, 6.45) is -5.27. The molecule has 1 aromatic rings. The van der Waals surface area contributed by atoms with E-state index in [2.05, 4.69) is 5.32 Å². The van der Waals surface area contributed by atoms with Gasteiger partial charge < -0.3 is 5.32 Å². The molecule has 25 heavy (non-hydrogen) atoms. The zero-order valence-electron chi connectivity index (χ0n) is 14.3. The molecule has 0 aromatic heterocycles. The number of carbonyl (C=O) groups is 1. The van der Waals surface area contributed by atoms with Gasteiger partial charge in [-0.1, -0.05) is 18.2 Å². The molecule has 142 valence electrons. The lowest BCUT2D eigenvalue weighted by atomic mass is 10.2. The third kappa shape index (κ3) is 7.00. The molecule has 0 bridgehead atoms. The summed E-state index contributed by atoms with van der Waals surface area (Å²) in [6.45, 7) is -0.531. The largest absolute Gasteiger partial charge is 0.390 e. The molecule has 0 aliphatic carbocycles. The highest BCUT2D eigenvalue weighted by Gasteiger charge is 2.27. The van der Waals surface area contributed by atoms with E-state index in [1.54, 1.807) is 18.2 Å². The van der Waals surface area contributed by atoms with Gasteiger partial charge in [-0.15, -0.1) is 0 Å². The number of nitrogens with one attached hydrogen (secondary N) is 1. The minimum absolute atomic E-state index is 0.0326. The number of benzene rings is 1. The second-order valence-corrected chi connectivity index (χ2v) is 7.90. The van der Waals surface area contributed by atoms with Crippen LogP contribution < -0.4 is 5.32 Å². The summed E-state index contributed by atoms with van der Waals surface area (Å²) in [5.74, 6) is -0.485. The van der Waals surface area contributed by atoms with Gasteiger partial charge in [-0.05, 0) is 18.7 Å². The van der Waals surface area contributed by atoms with E-state index in [-0.39, 0.29) is 24.5 Å². The van der Waals surface area contributed by atoms with Crippen molar-refractivity contribution in [3.8, 4) is 0 Å². The molecule has 10 heteroatoms. The number of sulfonamides is 1. The normalized spacial score (nSPS) is 12.6. The Morgan fingerprint density at radius 2 is 1.76 bits per heavy atom. The van der Waals surface area contributed by atoms with Crippen LogP contribution in [0.2, 0.25) is 0 Å². The van der Waals surface area contributed by atoms with E-state index in [9.17, 15) is 26.4 Å². The highest BCUT2D eigenvalue weighted by Crippen LogP contribution is 2.19. The molecule has 0 saturated heterocycles. The molecule has 0 aliphatic rings. The van der Waals surface area contributed by atoms with Crippen molar-refractivity contribution in [2.75, 3.05) is 34.2 Å². The maximum absolute atomic E-state index is 12.3. The highest BCUT2D eigenvalue weighted by molar-refractivity contribution is 7.89. The molecule has 0 unspecified atom stereocenters. The van der Waals surface area contributed by atoms with Crippen molar-refractivity contribution >= 4 is 15.9 Å². The Hall–Kier alpha value is -1.65. The van der Waals surface area contributed by atoms with E-state index in [1.165, 1.54) is 32.1 Å². The fourth-order valence-electron chi connectivity index (χ4n) is 1.99. The summed E-state index contributed by atoms with van der Waals surface area (Å²) in [5, 5.41) is 2.53. The molecular weight excluding hydrogens is 359 g/mol. The van der Waals surface area contributed by atoms with Crippen LogP contribution in [-0.4, -0.2) is 63.9 Å².